The fourth-order valence-electron chi connectivity index (χ4n) is 8.44. The van der Waals surface area contributed by atoms with Crippen molar-refractivity contribution < 1.29 is 14.0 Å². The van der Waals surface area contributed by atoms with Gasteiger partial charge < -0.3 is 5.32 Å². The number of thioether (sulfide) groups is 1. The minimum absolute atomic E-state index is 0.0574. The predicted molar refractivity (Wildman–Crippen MR) is 181 cm³/mol. The zero-order valence-corrected chi connectivity index (χ0v) is 27.7. The third-order valence-corrected chi connectivity index (χ3v) is 12.5. The molecule has 2 aromatic carbocycles. The third-order valence-electron chi connectivity index (χ3n) is 11.4. The molecule has 0 bridgehead atoms. The molecule has 1 amide bonds. The number of carbonyl (C=O) groups is 2. The molecule has 2 aromatic rings. The van der Waals surface area contributed by atoms with Crippen molar-refractivity contribution in [3.8, 4) is 0 Å². The van der Waals surface area contributed by atoms with Crippen molar-refractivity contribution in [2.75, 3.05) is 11.5 Å². The average Bonchev–Trinajstić information content (AvgIpc) is 3.01. The van der Waals surface area contributed by atoms with Crippen LogP contribution in [0.5, 0.6) is 0 Å². The van der Waals surface area contributed by atoms with Gasteiger partial charge in [-0.25, -0.2) is 4.39 Å². The first-order valence-corrected chi connectivity index (χ1v) is 18.8. The minimum atomic E-state index is -0.569. The zero-order chi connectivity index (χ0) is 30.8. The first kappa shape index (κ1) is 33.2. The standard InChI is InChI=1S/C39H54FNO2S/c1-29(31-17-19-36(40)20-18-31)41-38(43)39(35-12-3-2-4-13-35)25-22-30(23-26-39)14-21-37(42)34-11-6-5-9-32(15-16-34)33-10-7-8-27-44-28-24-33/h2-4,12-13,17-20,29-30,32-34H,5-11,14-16,21-28H2,1H3,(H,41,43). The first-order chi connectivity index (χ1) is 21.4. The van der Waals surface area contributed by atoms with Crippen LogP contribution in [0.3, 0.4) is 0 Å². The van der Waals surface area contributed by atoms with E-state index in [1.807, 2.05) is 25.1 Å². The second-order valence-corrected chi connectivity index (χ2v) is 15.3. The van der Waals surface area contributed by atoms with E-state index in [-0.39, 0.29) is 23.7 Å². The lowest BCUT2D eigenvalue weighted by atomic mass is 9.65. The van der Waals surface area contributed by atoms with E-state index in [1.54, 1.807) is 12.1 Å². The number of benzene rings is 2. The van der Waals surface area contributed by atoms with E-state index in [9.17, 15) is 14.0 Å². The molecule has 1 heterocycles. The Labute approximate surface area is 269 Å². The van der Waals surface area contributed by atoms with Gasteiger partial charge in [0.05, 0.1) is 11.5 Å². The fourth-order valence-corrected chi connectivity index (χ4v) is 9.52. The van der Waals surface area contributed by atoms with Crippen LogP contribution >= 0.6 is 11.8 Å². The van der Waals surface area contributed by atoms with Gasteiger partial charge in [0.1, 0.15) is 11.6 Å². The maximum Gasteiger partial charge on any atom is 0.231 e. The minimum Gasteiger partial charge on any atom is -0.349 e. The lowest BCUT2D eigenvalue weighted by Crippen LogP contribution is -2.47. The number of hydrogen-bond acceptors (Lipinski definition) is 3. The van der Waals surface area contributed by atoms with Crippen molar-refractivity contribution in [2.24, 2.45) is 23.7 Å². The van der Waals surface area contributed by atoms with E-state index in [2.05, 4.69) is 29.2 Å². The van der Waals surface area contributed by atoms with Crippen LogP contribution in [0.15, 0.2) is 54.6 Å². The number of nitrogens with one attached hydrogen (secondary N) is 1. The molecule has 4 atom stereocenters. The molecule has 3 aliphatic rings. The summed E-state index contributed by atoms with van der Waals surface area (Å²) in [5, 5.41) is 3.26. The highest BCUT2D eigenvalue weighted by Crippen LogP contribution is 2.44. The third kappa shape index (κ3) is 8.77. The molecule has 1 saturated heterocycles. The van der Waals surface area contributed by atoms with E-state index < -0.39 is 5.41 Å². The van der Waals surface area contributed by atoms with Gasteiger partial charge in [0.25, 0.3) is 0 Å². The van der Waals surface area contributed by atoms with Gasteiger partial charge >= 0.3 is 0 Å². The predicted octanol–water partition coefficient (Wildman–Crippen LogP) is 9.99. The number of halogens is 1. The normalized spacial score (nSPS) is 29.3. The highest BCUT2D eigenvalue weighted by atomic mass is 32.2. The van der Waals surface area contributed by atoms with E-state index in [0.717, 1.165) is 67.9 Å². The molecule has 2 aliphatic carbocycles. The molecule has 5 rings (SSSR count). The molecule has 0 aromatic heterocycles. The molecular weight excluding hydrogens is 565 g/mol. The topological polar surface area (TPSA) is 46.2 Å². The molecule has 3 nitrogen and oxygen atoms in total. The molecule has 4 unspecified atom stereocenters. The maximum atomic E-state index is 13.9. The van der Waals surface area contributed by atoms with E-state index in [0.29, 0.717) is 18.1 Å². The quantitative estimate of drug-likeness (QED) is 0.304. The Kier molecular flexibility index (Phi) is 12.4. The van der Waals surface area contributed by atoms with Gasteiger partial charge in [-0.05, 0) is 124 Å². The number of amides is 1. The van der Waals surface area contributed by atoms with Gasteiger partial charge in [0, 0.05) is 12.3 Å². The fraction of sp³-hybridized carbons (Fsp3) is 0.641. The van der Waals surface area contributed by atoms with Crippen LogP contribution in [-0.4, -0.2) is 23.2 Å². The van der Waals surface area contributed by atoms with Gasteiger partial charge in [0.15, 0.2) is 0 Å². The van der Waals surface area contributed by atoms with E-state index >= 15 is 0 Å². The van der Waals surface area contributed by atoms with Crippen molar-refractivity contribution in [1.82, 2.24) is 5.32 Å². The Bertz CT molecular complexity index is 1170. The Morgan fingerprint density at radius 1 is 0.818 bits per heavy atom. The molecule has 0 spiro atoms. The highest BCUT2D eigenvalue weighted by molar-refractivity contribution is 7.99. The molecule has 5 heteroatoms. The SMILES string of the molecule is CC(NC(=O)C1(c2ccccc2)CCC(CCC(=O)C2CCCCC(C3CCCCSCC3)CC2)CC1)c1ccc(F)cc1. The van der Waals surface area contributed by atoms with Crippen molar-refractivity contribution in [2.45, 2.75) is 121 Å². The summed E-state index contributed by atoms with van der Waals surface area (Å²) in [6.45, 7) is 1.97. The monoisotopic (exact) mass is 619 g/mol. The molecule has 1 aliphatic heterocycles. The number of Topliss-reactive ketones (excluding diaryl/α,β-unsaturated/α-hetero) is 1. The summed E-state index contributed by atoms with van der Waals surface area (Å²) >= 11 is 2.15. The number of hydrogen-bond donors (Lipinski definition) is 1. The van der Waals surface area contributed by atoms with Crippen LogP contribution in [0.1, 0.15) is 127 Å². The highest BCUT2D eigenvalue weighted by Gasteiger charge is 2.43. The Morgan fingerprint density at radius 2 is 1.50 bits per heavy atom. The number of rotatable bonds is 9. The first-order valence-electron chi connectivity index (χ1n) is 17.7. The summed E-state index contributed by atoms with van der Waals surface area (Å²) in [5.41, 5.74) is 1.41. The summed E-state index contributed by atoms with van der Waals surface area (Å²) < 4.78 is 13.5. The molecular formula is C39H54FNO2S. The Balaban J connectivity index is 1.14. The van der Waals surface area contributed by atoms with Crippen molar-refractivity contribution in [3.05, 3.63) is 71.5 Å². The molecule has 3 fully saturated rings. The zero-order valence-electron chi connectivity index (χ0n) is 26.9. The summed E-state index contributed by atoms with van der Waals surface area (Å²) in [7, 11) is 0. The maximum absolute atomic E-state index is 13.9. The van der Waals surface area contributed by atoms with Crippen LogP contribution in [0.4, 0.5) is 4.39 Å². The number of ketones is 1. The summed E-state index contributed by atoms with van der Waals surface area (Å²) in [6, 6.07) is 16.4. The van der Waals surface area contributed by atoms with Crippen LogP contribution in [0, 0.1) is 29.5 Å². The average molecular weight is 620 g/mol. The van der Waals surface area contributed by atoms with Crippen molar-refractivity contribution in [1.29, 1.82) is 0 Å². The van der Waals surface area contributed by atoms with Gasteiger partial charge in [-0.1, -0.05) is 74.6 Å². The van der Waals surface area contributed by atoms with Crippen LogP contribution < -0.4 is 5.32 Å². The van der Waals surface area contributed by atoms with Gasteiger partial charge in [0.2, 0.25) is 5.91 Å². The van der Waals surface area contributed by atoms with Crippen molar-refractivity contribution >= 4 is 23.5 Å². The van der Waals surface area contributed by atoms with E-state index in [1.165, 1.54) is 75.0 Å². The summed E-state index contributed by atoms with van der Waals surface area (Å²) in [5.74, 6) is 5.40. The van der Waals surface area contributed by atoms with Gasteiger partial charge in [-0.2, -0.15) is 11.8 Å². The molecule has 2 saturated carbocycles. The largest absolute Gasteiger partial charge is 0.349 e. The second-order valence-electron chi connectivity index (χ2n) is 14.1. The van der Waals surface area contributed by atoms with Crippen LogP contribution in [0.2, 0.25) is 0 Å². The smallest absolute Gasteiger partial charge is 0.231 e. The lowest BCUT2D eigenvalue weighted by molar-refractivity contribution is -0.129. The molecule has 0 radical (unpaired) electrons. The van der Waals surface area contributed by atoms with Crippen molar-refractivity contribution in [3.63, 3.8) is 0 Å². The number of carbonyl (C=O) groups excluding carboxylic acids is 2. The molecule has 240 valence electrons. The van der Waals surface area contributed by atoms with Crippen LogP contribution in [-0.2, 0) is 15.0 Å². The van der Waals surface area contributed by atoms with Gasteiger partial charge in [-0.15, -0.1) is 0 Å². The van der Waals surface area contributed by atoms with Gasteiger partial charge in [-0.3, -0.25) is 9.59 Å². The summed E-state index contributed by atoms with van der Waals surface area (Å²) in [6.07, 6.45) is 18.0. The Hall–Kier alpha value is -2.14. The van der Waals surface area contributed by atoms with Crippen LogP contribution in [0.25, 0.3) is 0 Å². The second kappa shape index (κ2) is 16.4. The molecule has 44 heavy (non-hydrogen) atoms. The Morgan fingerprint density at radius 3 is 2.25 bits per heavy atom. The van der Waals surface area contributed by atoms with E-state index in [4.69, 9.17) is 0 Å². The lowest BCUT2D eigenvalue weighted by Gasteiger charge is -2.40. The summed E-state index contributed by atoms with van der Waals surface area (Å²) in [4.78, 5) is 27.5. The molecule has 1 N–H and O–H groups in total.